The van der Waals surface area contributed by atoms with Gasteiger partial charge in [0.05, 0.1) is 0 Å². The fraction of sp³-hybridized carbons (Fsp3) is 1.00. The van der Waals surface area contributed by atoms with E-state index in [0.29, 0.717) is 0 Å². The maximum atomic E-state index is 2.27. The summed E-state index contributed by atoms with van der Waals surface area (Å²) < 4.78 is 0. The topological polar surface area (TPSA) is 0 Å². The van der Waals surface area contributed by atoms with Crippen molar-refractivity contribution in [3.05, 3.63) is 0 Å². The average molecular weight is 195 g/mol. The first kappa shape index (κ1) is 13.2. The van der Waals surface area contributed by atoms with Gasteiger partial charge >= 0.3 is 49.5 Å². The third-order valence-electron chi connectivity index (χ3n) is 0.781. The first-order valence-corrected chi connectivity index (χ1v) is 6.39. The van der Waals surface area contributed by atoms with Gasteiger partial charge in [0.1, 0.15) is 0 Å². The van der Waals surface area contributed by atoms with Crippen LogP contribution >= 0.6 is 0 Å². The second-order valence-corrected chi connectivity index (χ2v) is 5.25. The Morgan fingerprint density at radius 1 is 1.00 bits per heavy atom. The average Bonchev–Trinajstić information content (AvgIpc) is 1.62. The summed E-state index contributed by atoms with van der Waals surface area (Å²) in [7, 11) is 0. The van der Waals surface area contributed by atoms with Gasteiger partial charge in [-0.2, -0.15) is 0 Å². The minimum absolute atomic E-state index is 0.833. The molecule has 0 spiro atoms. The van der Waals surface area contributed by atoms with Crippen molar-refractivity contribution in [3.8, 4) is 0 Å². The molecule has 0 amide bonds. The van der Waals surface area contributed by atoms with Gasteiger partial charge in [-0.1, -0.05) is 20.8 Å². The van der Waals surface area contributed by atoms with Crippen LogP contribution in [0.25, 0.3) is 0 Å². The van der Waals surface area contributed by atoms with Crippen LogP contribution in [0.1, 0.15) is 41.0 Å². The predicted molar refractivity (Wildman–Crippen MR) is 44.8 cm³/mol. The molecule has 0 saturated heterocycles. The van der Waals surface area contributed by atoms with E-state index in [1.165, 1.54) is 29.7 Å². The van der Waals surface area contributed by atoms with Gasteiger partial charge in [0.15, 0.2) is 0 Å². The summed E-state index contributed by atoms with van der Waals surface area (Å²) in [6.07, 6.45) is 1.43. The Kier molecular flexibility index (Phi) is 12.7. The molecule has 0 aliphatic rings. The van der Waals surface area contributed by atoms with E-state index in [1.54, 1.807) is 0 Å². The van der Waals surface area contributed by atoms with Crippen LogP contribution in [0.15, 0.2) is 0 Å². The molecule has 0 fully saturated rings. The quantitative estimate of drug-likeness (QED) is 0.589. The monoisotopic (exact) mass is 193 g/mol. The van der Waals surface area contributed by atoms with E-state index in [4.69, 9.17) is 0 Å². The Labute approximate surface area is 76.5 Å². The van der Waals surface area contributed by atoms with Crippen molar-refractivity contribution in [1.29, 1.82) is 0 Å². The molecule has 10 heavy (non-hydrogen) atoms. The van der Waals surface area contributed by atoms with Crippen molar-refractivity contribution in [3.63, 3.8) is 0 Å². The van der Waals surface area contributed by atoms with E-state index >= 15 is 0 Å². The Bertz CT molecular complexity index is 45.9. The Morgan fingerprint density at radius 2 is 1.30 bits per heavy atom. The van der Waals surface area contributed by atoms with Crippen LogP contribution < -0.4 is 0 Å². The molecule has 0 nitrogen and oxygen atoms in total. The van der Waals surface area contributed by atoms with Gasteiger partial charge in [-0.3, -0.25) is 0 Å². The van der Waals surface area contributed by atoms with Gasteiger partial charge in [-0.15, -0.1) is 0 Å². The minimum atomic E-state index is 0.833. The van der Waals surface area contributed by atoms with E-state index in [1.807, 2.05) is 0 Å². The van der Waals surface area contributed by atoms with Crippen LogP contribution in [0.2, 0.25) is 5.02 Å². The summed E-state index contributed by atoms with van der Waals surface area (Å²) in [6.45, 7) is 11.0. The van der Waals surface area contributed by atoms with E-state index in [2.05, 4.69) is 34.6 Å². The molecule has 0 saturated carbocycles. The van der Waals surface area contributed by atoms with Crippen molar-refractivity contribution < 1.29 is 18.3 Å². The van der Waals surface area contributed by atoms with E-state index in [0.717, 1.165) is 11.8 Å². The second kappa shape index (κ2) is 9.62. The molecule has 0 unspecified atom stereocenters. The van der Waals surface area contributed by atoms with Crippen molar-refractivity contribution in [1.82, 2.24) is 0 Å². The van der Waals surface area contributed by atoms with Crippen LogP contribution in [0, 0.1) is 11.8 Å². The van der Waals surface area contributed by atoms with Crippen LogP contribution in [0.3, 0.4) is 0 Å². The molecule has 0 aliphatic carbocycles. The molecule has 1 heteroatoms. The summed E-state index contributed by atoms with van der Waals surface area (Å²) in [4.78, 5) is 0. The zero-order chi connectivity index (χ0) is 8.57. The summed E-state index contributed by atoms with van der Waals surface area (Å²) in [5.74, 6) is 1.76. The summed E-state index contributed by atoms with van der Waals surface area (Å²) in [5.41, 5.74) is 0. The second-order valence-electron chi connectivity index (χ2n) is 3.77. The summed E-state index contributed by atoms with van der Waals surface area (Å²) in [6, 6.07) is 0. The molecule has 0 heterocycles. The Hall–Kier alpha value is 0.623. The first-order chi connectivity index (χ1) is 4.50. The molecular weight excluding hydrogens is 173 g/mol. The summed E-state index contributed by atoms with van der Waals surface area (Å²) >= 11 is 1.47. The van der Waals surface area contributed by atoms with E-state index < -0.39 is 0 Å². The first-order valence-electron chi connectivity index (χ1n) is 4.29. The molecule has 0 bridgehead atoms. The van der Waals surface area contributed by atoms with Crippen LogP contribution in [-0.2, 0) is 18.3 Å². The zero-order valence-electron chi connectivity index (χ0n) is 8.28. The third kappa shape index (κ3) is 38.2. The van der Waals surface area contributed by atoms with Crippen LogP contribution in [0.5, 0.6) is 0 Å². The maximum absolute atomic E-state index is 2.27. The number of rotatable bonds is 2. The van der Waals surface area contributed by atoms with Gasteiger partial charge in [-0.25, -0.2) is 0 Å². The normalized spacial score (nSPS) is 9.70. The zero-order valence-corrected chi connectivity index (χ0v) is 11.2. The van der Waals surface area contributed by atoms with Gasteiger partial charge < -0.3 is 0 Å². The van der Waals surface area contributed by atoms with E-state index in [-0.39, 0.29) is 0 Å². The van der Waals surface area contributed by atoms with Gasteiger partial charge in [-0.05, 0) is 5.92 Å². The Balaban J connectivity index is 0. The van der Waals surface area contributed by atoms with Crippen LogP contribution in [0.4, 0.5) is 0 Å². The molecule has 0 atom stereocenters. The van der Waals surface area contributed by atoms with Crippen molar-refractivity contribution in [2.45, 2.75) is 46.1 Å². The third-order valence-corrected chi connectivity index (χ3v) is 1.64. The molecule has 0 aromatic carbocycles. The van der Waals surface area contributed by atoms with Crippen molar-refractivity contribution in [2.24, 2.45) is 11.8 Å². The SMILES string of the molecule is CC(C)C.CC(C)C[CH2][Zn]. The fourth-order valence-electron chi connectivity index (χ4n) is 0.408. The molecule has 0 aromatic heterocycles. The van der Waals surface area contributed by atoms with E-state index in [9.17, 15) is 0 Å². The summed E-state index contributed by atoms with van der Waals surface area (Å²) in [5, 5.41) is 1.46. The molecule has 59 valence electrons. The molecule has 0 aliphatic heterocycles. The van der Waals surface area contributed by atoms with Crippen molar-refractivity contribution >= 4 is 0 Å². The molecule has 0 rings (SSSR count). The number of hydrogen-bond acceptors (Lipinski definition) is 0. The fourth-order valence-corrected chi connectivity index (χ4v) is 2.12. The number of hydrogen-bond donors (Lipinski definition) is 0. The molecule has 0 aromatic rings. The Morgan fingerprint density at radius 3 is 1.30 bits per heavy atom. The van der Waals surface area contributed by atoms with Crippen molar-refractivity contribution in [2.75, 3.05) is 0 Å². The predicted octanol–water partition coefficient (Wildman–Crippen LogP) is 3.66. The molecule has 0 N–H and O–H groups in total. The standard InChI is InChI=1S/C5H11.C4H10.Zn/c1-4-5(2)3;1-4(2)3;/h5H,1,4H2,2-3H3;4H,1-3H3;. The molecular formula is C9H21Zn. The van der Waals surface area contributed by atoms with Gasteiger partial charge in [0.25, 0.3) is 0 Å². The molecule has 0 radical (unpaired) electrons. The van der Waals surface area contributed by atoms with Crippen LogP contribution in [-0.4, -0.2) is 0 Å². The van der Waals surface area contributed by atoms with Gasteiger partial charge in [0, 0.05) is 0 Å². The van der Waals surface area contributed by atoms with Gasteiger partial charge in [0.2, 0.25) is 0 Å².